The zero-order chi connectivity index (χ0) is 38.5. The second-order valence-electron chi connectivity index (χ2n) is 14.8. The van der Waals surface area contributed by atoms with Crippen molar-refractivity contribution in [3.8, 4) is 0 Å². The van der Waals surface area contributed by atoms with Crippen LogP contribution in [-0.2, 0) is 52.2 Å². The largest absolute Gasteiger partial charge is 0.481 e. The number of hydrogen-bond donors (Lipinski definition) is 2. The van der Waals surface area contributed by atoms with Gasteiger partial charge in [0, 0.05) is 0 Å². The molecule has 0 bridgehead atoms. The SMILES string of the molecule is CCC(C)(CC(C)(C)C(=O)OC(C)COC(C)COC(C)COC(C)COC(C)COC(C)COC(C)COC(C)COC(C)CO)C(=O)O. The smallest absolute Gasteiger partial charge is 0.311 e. The highest BCUT2D eigenvalue weighted by Crippen LogP contribution is 2.37. The quantitative estimate of drug-likeness (QED) is 0.0915. The Hall–Kier alpha value is -1.42. The second kappa shape index (κ2) is 25.5. The van der Waals surface area contributed by atoms with Gasteiger partial charge in [0.2, 0.25) is 0 Å². The Morgan fingerprint density at radius 3 is 1.00 bits per heavy atom. The van der Waals surface area contributed by atoms with Crippen molar-refractivity contribution in [1.82, 2.24) is 0 Å². The van der Waals surface area contributed by atoms with E-state index in [2.05, 4.69) is 0 Å². The van der Waals surface area contributed by atoms with Crippen molar-refractivity contribution >= 4 is 11.9 Å². The van der Waals surface area contributed by atoms with Crippen LogP contribution in [0.25, 0.3) is 0 Å². The molecule has 0 aliphatic carbocycles. The molecule has 0 amide bonds. The van der Waals surface area contributed by atoms with Gasteiger partial charge in [-0.15, -0.1) is 0 Å². The minimum Gasteiger partial charge on any atom is -0.481 e. The van der Waals surface area contributed by atoms with E-state index in [0.717, 1.165) is 0 Å². The van der Waals surface area contributed by atoms with Gasteiger partial charge in [-0.05, 0) is 95.9 Å². The topological polar surface area (TPSA) is 158 Å². The highest BCUT2D eigenvalue weighted by molar-refractivity contribution is 5.79. The number of carboxylic acids is 1. The molecule has 0 aliphatic heterocycles. The van der Waals surface area contributed by atoms with Gasteiger partial charge in [0.05, 0.1) is 119 Å². The maximum atomic E-state index is 12.8. The molecule has 13 nitrogen and oxygen atoms in total. The van der Waals surface area contributed by atoms with Gasteiger partial charge in [0.25, 0.3) is 0 Å². The summed E-state index contributed by atoms with van der Waals surface area (Å²) in [5.41, 5.74) is -1.95. The molecule has 298 valence electrons. The number of ether oxygens (including phenoxy) is 9. The minimum absolute atomic E-state index is 0.0156. The van der Waals surface area contributed by atoms with E-state index in [1.165, 1.54) is 0 Å². The summed E-state index contributed by atoms with van der Waals surface area (Å²) in [5, 5.41) is 18.6. The van der Waals surface area contributed by atoms with Gasteiger partial charge in [-0.25, -0.2) is 0 Å². The number of aliphatic hydroxyl groups excluding tert-OH is 1. The molecule has 0 fully saturated rings. The lowest BCUT2D eigenvalue weighted by atomic mass is 9.72. The van der Waals surface area contributed by atoms with Gasteiger partial charge in [-0.3, -0.25) is 9.59 Å². The van der Waals surface area contributed by atoms with E-state index < -0.39 is 28.9 Å². The van der Waals surface area contributed by atoms with E-state index in [0.29, 0.717) is 52.7 Å². The Morgan fingerprint density at radius 2 is 0.760 bits per heavy atom. The number of carboxylic acid groups (broad SMARTS) is 1. The van der Waals surface area contributed by atoms with Crippen molar-refractivity contribution in [2.45, 2.75) is 158 Å². The van der Waals surface area contributed by atoms with Gasteiger partial charge >= 0.3 is 11.9 Å². The Morgan fingerprint density at radius 1 is 0.500 bits per heavy atom. The third kappa shape index (κ3) is 22.5. The summed E-state index contributed by atoms with van der Waals surface area (Å²) in [7, 11) is 0. The molecule has 0 aromatic rings. The summed E-state index contributed by atoms with van der Waals surface area (Å²) in [4.78, 5) is 24.5. The summed E-state index contributed by atoms with van der Waals surface area (Å²) in [5.74, 6) is -1.37. The summed E-state index contributed by atoms with van der Waals surface area (Å²) >= 11 is 0. The highest BCUT2D eigenvalue weighted by atomic mass is 16.6. The molecule has 0 heterocycles. The van der Waals surface area contributed by atoms with Crippen LogP contribution in [0.4, 0.5) is 0 Å². The first-order valence-electron chi connectivity index (χ1n) is 18.2. The molecule has 10 atom stereocenters. The van der Waals surface area contributed by atoms with Crippen LogP contribution in [0.15, 0.2) is 0 Å². The number of hydrogen-bond acceptors (Lipinski definition) is 12. The Balaban J connectivity index is 4.16. The van der Waals surface area contributed by atoms with Crippen LogP contribution in [0.2, 0.25) is 0 Å². The van der Waals surface area contributed by atoms with Crippen LogP contribution in [0.3, 0.4) is 0 Å². The van der Waals surface area contributed by atoms with Crippen molar-refractivity contribution in [1.29, 1.82) is 0 Å². The average Bonchev–Trinajstić information content (AvgIpc) is 3.06. The second-order valence-corrected chi connectivity index (χ2v) is 14.8. The van der Waals surface area contributed by atoms with Crippen LogP contribution < -0.4 is 0 Å². The third-order valence-corrected chi connectivity index (χ3v) is 8.17. The van der Waals surface area contributed by atoms with Crippen molar-refractivity contribution < 1.29 is 62.4 Å². The molecule has 2 N–H and O–H groups in total. The highest BCUT2D eigenvalue weighted by Gasteiger charge is 2.42. The standard InChI is InChI=1S/C37H72O13/c1-14-37(13,34(39)40)24-36(11,12)35(41)50-33(10)23-49-32(9)22-48-31(8)21-47-30(7)20-46-29(6)19-45-28(5)18-44-27(4)17-43-26(3)16-42-25(2)15-38/h25-33,38H,14-24H2,1-13H3,(H,39,40). The molecule has 10 unspecified atom stereocenters. The molecule has 50 heavy (non-hydrogen) atoms. The summed E-state index contributed by atoms with van der Waals surface area (Å²) in [6.07, 6.45) is -1.05. The summed E-state index contributed by atoms with van der Waals surface area (Å²) < 4.78 is 52.1. The van der Waals surface area contributed by atoms with Gasteiger partial charge < -0.3 is 52.8 Å². The van der Waals surface area contributed by atoms with Crippen LogP contribution in [0.5, 0.6) is 0 Å². The normalized spacial score (nSPS) is 19.0. The van der Waals surface area contributed by atoms with E-state index in [-0.39, 0.29) is 68.5 Å². The van der Waals surface area contributed by atoms with Gasteiger partial charge in [0.15, 0.2) is 0 Å². The lowest BCUT2D eigenvalue weighted by Gasteiger charge is -2.33. The number of rotatable bonds is 31. The zero-order valence-electron chi connectivity index (χ0n) is 33.4. The third-order valence-electron chi connectivity index (χ3n) is 8.17. The Bertz CT molecular complexity index is 903. The fraction of sp³-hybridized carbons (Fsp3) is 0.946. The molecule has 0 radical (unpaired) electrons. The lowest BCUT2D eigenvalue weighted by molar-refractivity contribution is -0.167. The summed E-state index contributed by atoms with van der Waals surface area (Å²) in [6.45, 7) is 27.0. The molecule has 13 heteroatoms. The maximum absolute atomic E-state index is 12.8. The molecule has 0 aromatic carbocycles. The molecule has 0 spiro atoms. The Labute approximate surface area is 302 Å². The maximum Gasteiger partial charge on any atom is 0.311 e. The van der Waals surface area contributed by atoms with E-state index in [1.54, 1.807) is 34.6 Å². The van der Waals surface area contributed by atoms with Gasteiger partial charge in [-0.2, -0.15) is 0 Å². The van der Waals surface area contributed by atoms with Gasteiger partial charge in [-0.1, -0.05) is 6.92 Å². The predicted molar refractivity (Wildman–Crippen MR) is 190 cm³/mol. The van der Waals surface area contributed by atoms with E-state index in [4.69, 9.17) is 47.7 Å². The molecule has 0 aromatic heterocycles. The number of esters is 1. The molecule has 0 saturated heterocycles. The fourth-order valence-electron chi connectivity index (χ4n) is 4.56. The number of aliphatic hydroxyl groups is 1. The van der Waals surface area contributed by atoms with E-state index >= 15 is 0 Å². The van der Waals surface area contributed by atoms with Crippen LogP contribution >= 0.6 is 0 Å². The van der Waals surface area contributed by atoms with Crippen molar-refractivity contribution in [3.63, 3.8) is 0 Å². The zero-order valence-corrected chi connectivity index (χ0v) is 33.4. The van der Waals surface area contributed by atoms with E-state index in [9.17, 15) is 14.7 Å². The van der Waals surface area contributed by atoms with Crippen LogP contribution in [0, 0.1) is 10.8 Å². The number of aliphatic carboxylic acids is 1. The van der Waals surface area contributed by atoms with E-state index in [1.807, 2.05) is 55.4 Å². The number of carbonyl (C=O) groups is 2. The van der Waals surface area contributed by atoms with Gasteiger partial charge in [0.1, 0.15) is 6.10 Å². The monoisotopic (exact) mass is 724 g/mol. The van der Waals surface area contributed by atoms with Crippen LogP contribution in [0.1, 0.15) is 103 Å². The predicted octanol–water partition coefficient (Wildman–Crippen LogP) is 5.07. The first-order chi connectivity index (χ1) is 23.2. The first-order valence-corrected chi connectivity index (χ1v) is 18.2. The molecular formula is C37H72O13. The molecular weight excluding hydrogens is 652 g/mol. The fourth-order valence-corrected chi connectivity index (χ4v) is 4.56. The number of carbonyl (C=O) groups excluding carboxylic acids is 1. The van der Waals surface area contributed by atoms with Crippen molar-refractivity contribution in [2.75, 3.05) is 59.5 Å². The van der Waals surface area contributed by atoms with Crippen LogP contribution in [-0.4, -0.2) is 137 Å². The van der Waals surface area contributed by atoms with Crippen molar-refractivity contribution in [2.24, 2.45) is 10.8 Å². The molecule has 0 rings (SSSR count). The lowest BCUT2D eigenvalue weighted by Crippen LogP contribution is -2.39. The van der Waals surface area contributed by atoms with Crippen molar-refractivity contribution in [3.05, 3.63) is 0 Å². The Kier molecular flexibility index (Phi) is 24.8. The average molecular weight is 725 g/mol. The molecule has 0 aliphatic rings. The minimum atomic E-state index is -1.00. The molecule has 0 saturated carbocycles. The summed E-state index contributed by atoms with van der Waals surface area (Å²) in [6, 6.07) is 0. The first kappa shape index (κ1) is 48.6.